The van der Waals surface area contributed by atoms with Crippen LogP contribution in [0.4, 0.5) is 0 Å². The van der Waals surface area contributed by atoms with Crippen molar-refractivity contribution in [1.29, 1.82) is 5.26 Å². The Kier molecular flexibility index (Phi) is 4.30. The Labute approximate surface area is 88.5 Å². The van der Waals surface area contributed by atoms with Gasteiger partial charge in [0.25, 0.3) is 0 Å². The van der Waals surface area contributed by atoms with Gasteiger partial charge in [-0.3, -0.25) is 9.78 Å². The minimum absolute atomic E-state index is 0.0916. The fraction of sp³-hybridized carbons (Fsp3) is 0.364. The van der Waals surface area contributed by atoms with Gasteiger partial charge in [0.1, 0.15) is 0 Å². The lowest BCUT2D eigenvalue weighted by Crippen LogP contribution is -2.09. The Morgan fingerprint density at radius 2 is 2.27 bits per heavy atom. The summed E-state index contributed by atoms with van der Waals surface area (Å²) in [5.41, 5.74) is 0.792. The van der Waals surface area contributed by atoms with Crippen LogP contribution in [0.3, 0.4) is 0 Å². The average Bonchev–Trinajstić information content (AvgIpc) is 2.27. The Morgan fingerprint density at radius 1 is 1.60 bits per heavy atom. The maximum Gasteiger partial charge on any atom is 0.307 e. The molecular formula is C11H12N2O2. The molecule has 0 N–H and O–H groups in total. The van der Waals surface area contributed by atoms with Crippen molar-refractivity contribution in [1.82, 2.24) is 4.98 Å². The number of esters is 1. The van der Waals surface area contributed by atoms with E-state index in [9.17, 15) is 4.79 Å². The fourth-order valence-corrected chi connectivity index (χ4v) is 1.22. The second-order valence-electron chi connectivity index (χ2n) is 2.97. The van der Waals surface area contributed by atoms with E-state index >= 15 is 0 Å². The zero-order chi connectivity index (χ0) is 11.1. The van der Waals surface area contributed by atoms with Crippen LogP contribution in [0, 0.1) is 11.3 Å². The number of carbonyl (C=O) groups is 1. The summed E-state index contributed by atoms with van der Waals surface area (Å²) >= 11 is 0. The predicted octanol–water partition coefficient (Wildman–Crippen LogP) is 1.64. The molecule has 0 saturated heterocycles. The minimum atomic E-state index is -0.452. The van der Waals surface area contributed by atoms with Gasteiger partial charge in [0.15, 0.2) is 0 Å². The van der Waals surface area contributed by atoms with Crippen LogP contribution in [0.15, 0.2) is 24.5 Å². The molecule has 1 aromatic rings. The summed E-state index contributed by atoms with van der Waals surface area (Å²) in [5.74, 6) is -0.798. The molecule has 0 spiro atoms. The third-order valence-electron chi connectivity index (χ3n) is 1.94. The Hall–Kier alpha value is -1.89. The zero-order valence-electron chi connectivity index (χ0n) is 8.51. The molecule has 0 aliphatic rings. The van der Waals surface area contributed by atoms with E-state index in [0.717, 1.165) is 5.56 Å². The molecule has 0 saturated carbocycles. The van der Waals surface area contributed by atoms with Crippen molar-refractivity contribution >= 4 is 5.97 Å². The molecule has 0 amide bonds. The lowest BCUT2D eigenvalue weighted by atomic mass is 9.99. The van der Waals surface area contributed by atoms with Gasteiger partial charge in [0.2, 0.25) is 0 Å². The first kappa shape index (κ1) is 11.2. The van der Waals surface area contributed by atoms with Gasteiger partial charge in [-0.25, -0.2) is 0 Å². The lowest BCUT2D eigenvalue weighted by molar-refractivity contribution is -0.143. The Balaban J connectivity index is 2.66. The van der Waals surface area contributed by atoms with E-state index in [1.165, 1.54) is 0 Å². The molecule has 1 aromatic heterocycles. The molecule has 0 bridgehead atoms. The molecule has 78 valence electrons. The van der Waals surface area contributed by atoms with E-state index in [1.54, 1.807) is 31.5 Å². The quantitative estimate of drug-likeness (QED) is 0.699. The summed E-state index contributed by atoms with van der Waals surface area (Å²) in [4.78, 5) is 15.0. The highest BCUT2D eigenvalue weighted by Crippen LogP contribution is 2.18. The molecule has 15 heavy (non-hydrogen) atoms. The van der Waals surface area contributed by atoms with E-state index in [2.05, 4.69) is 11.1 Å². The van der Waals surface area contributed by atoms with Crippen LogP contribution in [0.1, 0.15) is 24.8 Å². The number of carbonyl (C=O) groups excluding carboxylic acids is 1. The minimum Gasteiger partial charge on any atom is -0.466 e. The number of nitrogens with zero attached hydrogens (tertiary/aromatic N) is 2. The van der Waals surface area contributed by atoms with Crippen LogP contribution in [0.5, 0.6) is 0 Å². The van der Waals surface area contributed by atoms with Gasteiger partial charge in [0.05, 0.1) is 25.0 Å². The highest BCUT2D eigenvalue weighted by molar-refractivity contribution is 5.71. The van der Waals surface area contributed by atoms with E-state index < -0.39 is 5.92 Å². The fourth-order valence-electron chi connectivity index (χ4n) is 1.22. The van der Waals surface area contributed by atoms with Crippen LogP contribution >= 0.6 is 0 Å². The summed E-state index contributed by atoms with van der Waals surface area (Å²) in [7, 11) is 0. The van der Waals surface area contributed by atoms with Crippen LogP contribution in [-0.4, -0.2) is 17.6 Å². The van der Waals surface area contributed by atoms with Crippen molar-refractivity contribution < 1.29 is 9.53 Å². The molecule has 0 aliphatic heterocycles. The molecule has 4 heteroatoms. The van der Waals surface area contributed by atoms with Gasteiger partial charge >= 0.3 is 5.97 Å². The smallest absolute Gasteiger partial charge is 0.307 e. The molecule has 1 heterocycles. The van der Waals surface area contributed by atoms with Gasteiger partial charge in [-0.15, -0.1) is 0 Å². The van der Waals surface area contributed by atoms with Crippen molar-refractivity contribution in [2.75, 3.05) is 6.61 Å². The number of hydrogen-bond acceptors (Lipinski definition) is 4. The van der Waals surface area contributed by atoms with Crippen LogP contribution in [-0.2, 0) is 9.53 Å². The predicted molar refractivity (Wildman–Crippen MR) is 53.8 cm³/mol. The Morgan fingerprint density at radius 3 is 2.80 bits per heavy atom. The third kappa shape index (κ3) is 3.39. The van der Waals surface area contributed by atoms with Crippen LogP contribution in [0.2, 0.25) is 0 Å². The number of pyridine rings is 1. The van der Waals surface area contributed by atoms with Gasteiger partial charge in [-0.2, -0.15) is 5.26 Å². The SMILES string of the molecule is CCOC(=O)CC(C#N)c1ccncc1. The molecule has 1 rings (SSSR count). The first-order valence-electron chi connectivity index (χ1n) is 4.73. The van der Waals surface area contributed by atoms with Crippen LogP contribution in [0.25, 0.3) is 0 Å². The van der Waals surface area contributed by atoms with Crippen molar-refractivity contribution in [2.24, 2.45) is 0 Å². The summed E-state index contributed by atoms with van der Waals surface area (Å²) < 4.78 is 4.79. The largest absolute Gasteiger partial charge is 0.466 e. The maximum absolute atomic E-state index is 11.2. The maximum atomic E-state index is 11.2. The second-order valence-corrected chi connectivity index (χ2v) is 2.97. The molecular weight excluding hydrogens is 192 g/mol. The highest BCUT2D eigenvalue weighted by Gasteiger charge is 2.15. The van der Waals surface area contributed by atoms with E-state index in [-0.39, 0.29) is 12.4 Å². The molecule has 0 aromatic carbocycles. The molecule has 0 aliphatic carbocycles. The molecule has 1 atom stereocenters. The van der Waals surface area contributed by atoms with Gasteiger partial charge in [-0.1, -0.05) is 0 Å². The first-order valence-corrected chi connectivity index (χ1v) is 4.73. The van der Waals surface area contributed by atoms with Crippen LogP contribution < -0.4 is 0 Å². The zero-order valence-corrected chi connectivity index (χ0v) is 8.51. The number of aromatic nitrogens is 1. The molecule has 1 unspecified atom stereocenters. The highest BCUT2D eigenvalue weighted by atomic mass is 16.5. The lowest BCUT2D eigenvalue weighted by Gasteiger charge is -2.07. The van der Waals surface area contributed by atoms with E-state index in [0.29, 0.717) is 6.61 Å². The molecule has 0 fully saturated rings. The second kappa shape index (κ2) is 5.76. The topological polar surface area (TPSA) is 63.0 Å². The van der Waals surface area contributed by atoms with Crippen molar-refractivity contribution in [2.45, 2.75) is 19.3 Å². The van der Waals surface area contributed by atoms with Crippen molar-refractivity contribution in [3.8, 4) is 6.07 Å². The Bertz CT molecular complexity index is 357. The summed E-state index contributed by atoms with van der Waals surface area (Å²) in [6.45, 7) is 2.08. The van der Waals surface area contributed by atoms with Crippen molar-refractivity contribution in [3.63, 3.8) is 0 Å². The molecule has 4 nitrogen and oxygen atoms in total. The number of ether oxygens (including phenoxy) is 1. The molecule has 0 radical (unpaired) electrons. The number of rotatable bonds is 4. The van der Waals surface area contributed by atoms with E-state index in [4.69, 9.17) is 10.00 Å². The summed E-state index contributed by atoms with van der Waals surface area (Å²) in [5, 5.41) is 8.92. The third-order valence-corrected chi connectivity index (χ3v) is 1.94. The monoisotopic (exact) mass is 204 g/mol. The van der Waals surface area contributed by atoms with Gasteiger partial charge < -0.3 is 4.74 Å². The summed E-state index contributed by atoms with van der Waals surface area (Å²) in [6.07, 6.45) is 3.30. The first-order chi connectivity index (χ1) is 7.27. The van der Waals surface area contributed by atoms with Gasteiger partial charge in [0, 0.05) is 12.4 Å². The number of nitriles is 1. The summed E-state index contributed by atoms with van der Waals surface area (Å²) in [6, 6.07) is 5.54. The van der Waals surface area contributed by atoms with Gasteiger partial charge in [-0.05, 0) is 24.6 Å². The average molecular weight is 204 g/mol. The normalized spacial score (nSPS) is 11.5. The standard InChI is InChI=1S/C11H12N2O2/c1-2-15-11(14)7-10(8-12)9-3-5-13-6-4-9/h3-6,10H,2,7H2,1H3. The van der Waals surface area contributed by atoms with Crippen molar-refractivity contribution in [3.05, 3.63) is 30.1 Å². The number of hydrogen-bond donors (Lipinski definition) is 0. The van der Waals surface area contributed by atoms with E-state index in [1.807, 2.05) is 0 Å².